The van der Waals surface area contributed by atoms with Gasteiger partial charge >= 0.3 is 0 Å². The lowest BCUT2D eigenvalue weighted by Crippen LogP contribution is -2.33. The molecule has 20 heavy (non-hydrogen) atoms. The summed E-state index contributed by atoms with van der Waals surface area (Å²) < 4.78 is 13.8. The topological polar surface area (TPSA) is 40.5 Å². The minimum Gasteiger partial charge on any atom is -0.508 e. The van der Waals surface area contributed by atoms with Crippen LogP contribution < -0.4 is 0 Å². The summed E-state index contributed by atoms with van der Waals surface area (Å²) >= 11 is 1.58. The van der Waals surface area contributed by atoms with Crippen LogP contribution in [0.25, 0.3) is 0 Å². The number of amides is 1. The number of rotatable bonds is 4. The molecule has 1 N–H and O–H groups in total. The quantitative estimate of drug-likeness (QED) is 0.938. The molecular weight excluding hydrogens is 277 g/mol. The Morgan fingerprint density at radius 2 is 2.20 bits per heavy atom. The van der Waals surface area contributed by atoms with Crippen LogP contribution in [0.15, 0.2) is 35.0 Å². The van der Waals surface area contributed by atoms with E-state index in [0.29, 0.717) is 6.54 Å². The second kappa shape index (κ2) is 5.25. The van der Waals surface area contributed by atoms with Crippen LogP contribution in [0.1, 0.15) is 28.8 Å². The normalized spacial score (nSPS) is 14.2. The van der Waals surface area contributed by atoms with E-state index in [0.717, 1.165) is 24.5 Å². The second-order valence-electron chi connectivity index (χ2n) is 4.96. The molecule has 0 bridgehead atoms. The molecule has 1 aliphatic carbocycles. The zero-order valence-electron chi connectivity index (χ0n) is 10.8. The van der Waals surface area contributed by atoms with Gasteiger partial charge in [-0.05, 0) is 47.4 Å². The average Bonchev–Trinajstić information content (AvgIpc) is 3.12. The minimum absolute atomic E-state index is 0.0185. The summed E-state index contributed by atoms with van der Waals surface area (Å²) in [5, 5.41) is 13.2. The standard InChI is InChI=1S/C15H14FNO2S/c16-14-7-12(18)3-4-13(14)15(19)17(11-1-2-11)8-10-5-6-20-9-10/h3-7,9,11,18H,1-2,8H2. The van der Waals surface area contributed by atoms with Gasteiger partial charge in [0.15, 0.2) is 0 Å². The van der Waals surface area contributed by atoms with E-state index in [4.69, 9.17) is 0 Å². The van der Waals surface area contributed by atoms with Crippen molar-refractivity contribution in [2.24, 2.45) is 0 Å². The van der Waals surface area contributed by atoms with Gasteiger partial charge in [0.25, 0.3) is 5.91 Å². The molecule has 1 saturated carbocycles. The number of hydrogen-bond acceptors (Lipinski definition) is 3. The Labute approximate surface area is 120 Å². The molecule has 1 aromatic heterocycles. The molecule has 104 valence electrons. The maximum atomic E-state index is 13.8. The lowest BCUT2D eigenvalue weighted by Gasteiger charge is -2.22. The molecule has 0 aliphatic heterocycles. The molecule has 1 amide bonds. The van der Waals surface area contributed by atoms with Crippen LogP contribution in [0.3, 0.4) is 0 Å². The van der Waals surface area contributed by atoms with Crippen LogP contribution in [-0.2, 0) is 6.54 Å². The lowest BCUT2D eigenvalue weighted by atomic mass is 10.1. The SMILES string of the molecule is O=C(c1ccc(O)cc1F)N(Cc1ccsc1)C1CC1. The van der Waals surface area contributed by atoms with Crippen molar-refractivity contribution in [2.45, 2.75) is 25.4 Å². The van der Waals surface area contributed by atoms with Crippen molar-refractivity contribution >= 4 is 17.2 Å². The van der Waals surface area contributed by atoms with Crippen molar-refractivity contribution in [2.75, 3.05) is 0 Å². The van der Waals surface area contributed by atoms with Gasteiger partial charge in [0.05, 0.1) is 5.56 Å². The first-order chi connectivity index (χ1) is 9.65. The van der Waals surface area contributed by atoms with Gasteiger partial charge in [-0.2, -0.15) is 11.3 Å². The van der Waals surface area contributed by atoms with Crippen molar-refractivity contribution in [3.8, 4) is 5.75 Å². The van der Waals surface area contributed by atoms with Gasteiger partial charge in [0, 0.05) is 18.7 Å². The fourth-order valence-corrected chi connectivity index (χ4v) is 2.82. The predicted octanol–water partition coefficient (Wildman–Crippen LogP) is 3.40. The van der Waals surface area contributed by atoms with E-state index >= 15 is 0 Å². The maximum absolute atomic E-state index is 13.8. The summed E-state index contributed by atoms with van der Waals surface area (Å²) in [6.07, 6.45) is 1.94. The molecule has 0 unspecified atom stereocenters. The molecule has 0 saturated heterocycles. The van der Waals surface area contributed by atoms with Crippen molar-refractivity contribution in [1.29, 1.82) is 0 Å². The zero-order valence-corrected chi connectivity index (χ0v) is 11.6. The van der Waals surface area contributed by atoms with Crippen LogP contribution in [-0.4, -0.2) is 22.0 Å². The molecule has 0 radical (unpaired) electrons. The first kappa shape index (κ1) is 13.1. The molecule has 3 rings (SSSR count). The van der Waals surface area contributed by atoms with Crippen LogP contribution in [0.4, 0.5) is 4.39 Å². The number of carbonyl (C=O) groups excluding carboxylic acids is 1. The average molecular weight is 291 g/mol. The Kier molecular flexibility index (Phi) is 3.44. The zero-order chi connectivity index (χ0) is 14.1. The van der Waals surface area contributed by atoms with E-state index in [1.54, 1.807) is 16.2 Å². The molecular formula is C15H14FNO2S. The predicted molar refractivity (Wildman–Crippen MR) is 75.3 cm³/mol. The van der Waals surface area contributed by atoms with Crippen molar-refractivity contribution in [1.82, 2.24) is 4.90 Å². The van der Waals surface area contributed by atoms with Gasteiger partial charge in [-0.25, -0.2) is 4.39 Å². The van der Waals surface area contributed by atoms with E-state index in [2.05, 4.69) is 0 Å². The van der Waals surface area contributed by atoms with Crippen LogP contribution in [0.2, 0.25) is 0 Å². The number of carbonyl (C=O) groups is 1. The van der Waals surface area contributed by atoms with E-state index in [9.17, 15) is 14.3 Å². The second-order valence-corrected chi connectivity index (χ2v) is 5.74. The summed E-state index contributed by atoms with van der Waals surface area (Å²) in [5.41, 5.74) is 1.08. The Bertz CT molecular complexity index is 623. The smallest absolute Gasteiger partial charge is 0.257 e. The Balaban J connectivity index is 1.85. The molecule has 1 fully saturated rings. The Morgan fingerprint density at radius 1 is 1.40 bits per heavy atom. The Morgan fingerprint density at radius 3 is 2.80 bits per heavy atom. The number of hydrogen-bond donors (Lipinski definition) is 1. The number of benzene rings is 1. The van der Waals surface area contributed by atoms with Crippen LogP contribution >= 0.6 is 11.3 Å². The molecule has 2 aromatic rings. The monoisotopic (exact) mass is 291 g/mol. The largest absolute Gasteiger partial charge is 0.508 e. The summed E-state index contributed by atoms with van der Waals surface area (Å²) in [7, 11) is 0. The third-order valence-electron chi connectivity index (χ3n) is 3.36. The van der Waals surface area contributed by atoms with Gasteiger partial charge in [0.2, 0.25) is 0 Å². The molecule has 0 atom stereocenters. The lowest BCUT2D eigenvalue weighted by molar-refractivity contribution is 0.0725. The summed E-state index contributed by atoms with van der Waals surface area (Å²) in [6, 6.07) is 5.83. The number of nitrogens with zero attached hydrogens (tertiary/aromatic N) is 1. The fourth-order valence-electron chi connectivity index (χ4n) is 2.16. The molecule has 3 nitrogen and oxygen atoms in total. The van der Waals surface area contributed by atoms with Gasteiger partial charge in [-0.15, -0.1) is 0 Å². The van der Waals surface area contributed by atoms with Crippen molar-refractivity contribution < 1.29 is 14.3 Å². The number of phenols is 1. The number of aromatic hydroxyl groups is 1. The van der Waals surface area contributed by atoms with E-state index < -0.39 is 5.82 Å². The fraction of sp³-hybridized carbons (Fsp3) is 0.267. The van der Waals surface area contributed by atoms with E-state index in [-0.39, 0.29) is 23.3 Å². The van der Waals surface area contributed by atoms with Crippen molar-refractivity contribution in [3.63, 3.8) is 0 Å². The minimum atomic E-state index is -0.675. The third kappa shape index (κ3) is 2.67. The number of thiophene rings is 1. The molecule has 0 spiro atoms. The van der Waals surface area contributed by atoms with Gasteiger partial charge in [-0.3, -0.25) is 4.79 Å². The highest BCUT2D eigenvalue weighted by Gasteiger charge is 2.34. The highest BCUT2D eigenvalue weighted by molar-refractivity contribution is 7.07. The number of halogens is 1. The van der Waals surface area contributed by atoms with Crippen LogP contribution in [0, 0.1) is 5.82 Å². The first-order valence-electron chi connectivity index (χ1n) is 6.45. The Hall–Kier alpha value is -1.88. The van der Waals surface area contributed by atoms with Gasteiger partial charge in [-0.1, -0.05) is 0 Å². The van der Waals surface area contributed by atoms with Gasteiger partial charge < -0.3 is 10.0 Å². The highest BCUT2D eigenvalue weighted by atomic mass is 32.1. The summed E-state index contributed by atoms with van der Waals surface area (Å²) in [6.45, 7) is 0.507. The van der Waals surface area contributed by atoms with E-state index in [1.165, 1.54) is 12.1 Å². The molecule has 5 heteroatoms. The number of phenolic OH excluding ortho intramolecular Hbond substituents is 1. The van der Waals surface area contributed by atoms with Crippen molar-refractivity contribution in [3.05, 3.63) is 52.0 Å². The third-order valence-corrected chi connectivity index (χ3v) is 4.10. The summed E-state index contributed by atoms with van der Waals surface area (Å²) in [4.78, 5) is 14.2. The van der Waals surface area contributed by atoms with Gasteiger partial charge in [0.1, 0.15) is 11.6 Å². The molecule has 1 aliphatic rings. The van der Waals surface area contributed by atoms with E-state index in [1.807, 2.05) is 16.8 Å². The maximum Gasteiger partial charge on any atom is 0.257 e. The molecule has 1 heterocycles. The molecule has 1 aromatic carbocycles. The summed E-state index contributed by atoms with van der Waals surface area (Å²) in [5.74, 6) is -1.16. The first-order valence-corrected chi connectivity index (χ1v) is 7.40. The highest BCUT2D eigenvalue weighted by Crippen LogP contribution is 2.31. The van der Waals surface area contributed by atoms with Crippen LogP contribution in [0.5, 0.6) is 5.75 Å².